The first-order valence-electron chi connectivity index (χ1n) is 8.41. The highest BCUT2D eigenvalue weighted by Gasteiger charge is 2.37. The van der Waals surface area contributed by atoms with E-state index >= 15 is 0 Å². The number of nitrogens with zero attached hydrogens (tertiary/aromatic N) is 3. The number of cyclic esters (lactones) is 1. The maximum Gasteiger partial charge on any atom is 0.410 e. The van der Waals surface area contributed by atoms with Gasteiger partial charge in [-0.05, 0) is 19.1 Å². The van der Waals surface area contributed by atoms with Gasteiger partial charge in [0.2, 0.25) is 5.89 Å². The number of oxazole rings is 1. The number of benzene rings is 1. The van der Waals surface area contributed by atoms with Gasteiger partial charge >= 0.3 is 6.09 Å². The lowest BCUT2D eigenvalue weighted by Gasteiger charge is -2.34. The van der Waals surface area contributed by atoms with E-state index in [-0.39, 0.29) is 12.1 Å². The third-order valence-corrected chi connectivity index (χ3v) is 4.80. The minimum absolute atomic E-state index is 0.141. The van der Waals surface area contributed by atoms with Gasteiger partial charge < -0.3 is 13.9 Å². The molecule has 1 unspecified atom stereocenters. The van der Waals surface area contributed by atoms with Gasteiger partial charge in [-0.2, -0.15) is 0 Å². The van der Waals surface area contributed by atoms with Crippen LogP contribution in [0.15, 0.2) is 28.7 Å². The van der Waals surface area contributed by atoms with Crippen LogP contribution in [0.2, 0.25) is 0 Å². The van der Waals surface area contributed by atoms with Crippen molar-refractivity contribution in [3.05, 3.63) is 35.7 Å². The van der Waals surface area contributed by atoms with Gasteiger partial charge in [-0.3, -0.25) is 9.80 Å². The Hall–Kier alpha value is -2.54. The quantitative estimate of drug-likeness (QED) is 0.848. The van der Waals surface area contributed by atoms with Gasteiger partial charge in [0.15, 0.2) is 0 Å². The van der Waals surface area contributed by atoms with Crippen molar-refractivity contribution in [3.63, 3.8) is 0 Å². The second-order valence-corrected chi connectivity index (χ2v) is 6.38. The topological polar surface area (TPSA) is 68.0 Å². The third kappa shape index (κ3) is 2.95. The van der Waals surface area contributed by atoms with Crippen molar-refractivity contribution in [2.45, 2.75) is 19.5 Å². The molecular formula is C18H21N3O4. The molecule has 0 spiro atoms. The zero-order chi connectivity index (χ0) is 17.4. The zero-order valence-electron chi connectivity index (χ0n) is 14.4. The van der Waals surface area contributed by atoms with Gasteiger partial charge in [-0.15, -0.1) is 0 Å². The van der Waals surface area contributed by atoms with Crippen LogP contribution in [0.1, 0.15) is 11.5 Å². The smallest absolute Gasteiger partial charge is 0.410 e. The van der Waals surface area contributed by atoms with Crippen molar-refractivity contribution in [2.24, 2.45) is 0 Å². The fourth-order valence-electron chi connectivity index (χ4n) is 3.42. The molecule has 3 heterocycles. The van der Waals surface area contributed by atoms with Crippen molar-refractivity contribution >= 4 is 6.09 Å². The van der Waals surface area contributed by atoms with Crippen LogP contribution in [-0.2, 0) is 11.3 Å². The molecular weight excluding hydrogens is 322 g/mol. The summed E-state index contributed by atoms with van der Waals surface area (Å²) in [4.78, 5) is 20.4. The molecule has 2 aromatic rings. The highest BCUT2D eigenvalue weighted by atomic mass is 16.6. The van der Waals surface area contributed by atoms with Crippen LogP contribution in [-0.4, -0.2) is 60.3 Å². The first-order valence-corrected chi connectivity index (χ1v) is 8.41. The minimum Gasteiger partial charge on any atom is -0.496 e. The Morgan fingerprint density at radius 1 is 1.32 bits per heavy atom. The van der Waals surface area contributed by atoms with E-state index in [1.807, 2.05) is 36.1 Å². The number of carbonyl (C=O) groups is 1. The van der Waals surface area contributed by atoms with Crippen molar-refractivity contribution in [3.8, 4) is 17.2 Å². The molecule has 1 aromatic carbocycles. The van der Waals surface area contributed by atoms with E-state index in [1.165, 1.54) is 0 Å². The van der Waals surface area contributed by atoms with E-state index in [9.17, 15) is 4.79 Å². The maximum absolute atomic E-state index is 11.6. The summed E-state index contributed by atoms with van der Waals surface area (Å²) in [5, 5.41) is 0. The van der Waals surface area contributed by atoms with Crippen molar-refractivity contribution in [1.29, 1.82) is 0 Å². The largest absolute Gasteiger partial charge is 0.496 e. The minimum atomic E-state index is -0.194. The molecule has 2 fully saturated rings. The van der Waals surface area contributed by atoms with Crippen LogP contribution in [0.4, 0.5) is 4.79 Å². The van der Waals surface area contributed by atoms with Crippen LogP contribution in [0.5, 0.6) is 5.75 Å². The summed E-state index contributed by atoms with van der Waals surface area (Å²) in [6.07, 6.45) is -0.194. The Bertz CT molecular complexity index is 788. The van der Waals surface area contributed by atoms with Crippen LogP contribution in [0.3, 0.4) is 0 Å². The summed E-state index contributed by atoms with van der Waals surface area (Å²) in [5.41, 5.74) is 1.76. The zero-order valence-corrected chi connectivity index (χ0v) is 14.4. The fourth-order valence-corrected chi connectivity index (χ4v) is 3.42. The van der Waals surface area contributed by atoms with Gasteiger partial charge in [0.05, 0.1) is 24.4 Å². The lowest BCUT2D eigenvalue weighted by atomic mass is 10.2. The molecule has 4 rings (SSSR count). The number of amides is 1. The number of para-hydroxylation sites is 1. The molecule has 2 saturated heterocycles. The Labute approximate surface area is 146 Å². The molecule has 0 N–H and O–H groups in total. The molecule has 2 aliphatic rings. The number of rotatable bonds is 4. The number of fused-ring (bicyclic) bond motifs is 1. The highest BCUT2D eigenvalue weighted by Crippen LogP contribution is 2.30. The van der Waals surface area contributed by atoms with Crippen molar-refractivity contribution in [1.82, 2.24) is 14.8 Å². The lowest BCUT2D eigenvalue weighted by Crippen LogP contribution is -2.51. The van der Waals surface area contributed by atoms with E-state index in [1.54, 1.807) is 7.11 Å². The highest BCUT2D eigenvalue weighted by molar-refractivity contribution is 5.70. The first-order chi connectivity index (χ1) is 12.2. The van der Waals surface area contributed by atoms with Gasteiger partial charge in [-0.25, -0.2) is 9.78 Å². The molecule has 0 aliphatic carbocycles. The molecule has 25 heavy (non-hydrogen) atoms. The number of aromatic nitrogens is 1. The maximum atomic E-state index is 11.6. The fraction of sp³-hybridized carbons (Fsp3) is 0.444. The lowest BCUT2D eigenvalue weighted by molar-refractivity contribution is 0.114. The van der Waals surface area contributed by atoms with Crippen LogP contribution >= 0.6 is 0 Å². The molecule has 2 aliphatic heterocycles. The van der Waals surface area contributed by atoms with Crippen molar-refractivity contribution in [2.75, 3.05) is 33.4 Å². The predicted octanol–water partition coefficient (Wildman–Crippen LogP) is 2.30. The number of aryl methyl sites for hydroxylation is 1. The van der Waals surface area contributed by atoms with Gasteiger partial charge in [0.1, 0.15) is 18.1 Å². The average Bonchev–Trinajstić information content (AvgIpc) is 3.18. The molecule has 1 amide bonds. The van der Waals surface area contributed by atoms with E-state index in [4.69, 9.17) is 13.9 Å². The number of piperazine rings is 1. The normalized spacial score (nSPS) is 20.5. The summed E-state index contributed by atoms with van der Waals surface area (Å²) in [6.45, 7) is 5.39. The molecule has 1 aromatic heterocycles. The van der Waals surface area contributed by atoms with Crippen LogP contribution in [0, 0.1) is 6.92 Å². The molecule has 0 radical (unpaired) electrons. The molecule has 1 atom stereocenters. The molecule has 132 valence electrons. The summed E-state index contributed by atoms with van der Waals surface area (Å²) in [6, 6.07) is 7.83. The summed E-state index contributed by atoms with van der Waals surface area (Å²) < 4.78 is 16.4. The van der Waals surface area contributed by atoms with E-state index < -0.39 is 0 Å². The van der Waals surface area contributed by atoms with Gasteiger partial charge in [-0.1, -0.05) is 12.1 Å². The van der Waals surface area contributed by atoms with E-state index in [2.05, 4.69) is 9.88 Å². The summed E-state index contributed by atoms with van der Waals surface area (Å²) in [5.74, 6) is 2.12. The Kier molecular flexibility index (Phi) is 4.09. The molecule has 7 nitrogen and oxygen atoms in total. The van der Waals surface area contributed by atoms with E-state index in [0.29, 0.717) is 25.6 Å². The predicted molar refractivity (Wildman–Crippen MR) is 90.3 cm³/mol. The second-order valence-electron chi connectivity index (χ2n) is 6.38. The van der Waals surface area contributed by atoms with Crippen LogP contribution in [0.25, 0.3) is 11.5 Å². The Balaban J connectivity index is 1.51. The molecule has 0 saturated carbocycles. The van der Waals surface area contributed by atoms with Gasteiger partial charge in [0, 0.05) is 26.2 Å². The number of methoxy groups -OCH3 is 1. The monoisotopic (exact) mass is 343 g/mol. The second kappa shape index (κ2) is 6.40. The SMILES string of the molecule is COc1ccccc1-c1nc(CN2CCN3C(=O)OCC3C2)c(C)o1. The summed E-state index contributed by atoms with van der Waals surface area (Å²) in [7, 11) is 1.64. The average molecular weight is 343 g/mol. The molecule has 0 bridgehead atoms. The molecule has 7 heteroatoms. The Morgan fingerprint density at radius 3 is 3.00 bits per heavy atom. The number of hydrogen-bond acceptors (Lipinski definition) is 6. The Morgan fingerprint density at radius 2 is 2.16 bits per heavy atom. The number of carbonyl (C=O) groups excluding carboxylic acids is 1. The third-order valence-electron chi connectivity index (χ3n) is 4.80. The first kappa shape index (κ1) is 16.0. The number of ether oxygens (including phenoxy) is 2. The van der Waals surface area contributed by atoms with Gasteiger partial charge in [0.25, 0.3) is 0 Å². The van der Waals surface area contributed by atoms with Crippen molar-refractivity contribution < 1.29 is 18.7 Å². The number of hydrogen-bond donors (Lipinski definition) is 0. The van der Waals surface area contributed by atoms with E-state index in [0.717, 1.165) is 35.9 Å². The summed E-state index contributed by atoms with van der Waals surface area (Å²) >= 11 is 0. The standard InChI is InChI=1S/C18H21N3O4/c1-12-15(10-20-7-8-21-13(9-20)11-24-18(21)22)19-17(25-12)14-5-3-4-6-16(14)23-2/h3-6,13H,7-11H2,1-2H3. The van der Waals surface area contributed by atoms with Crippen LogP contribution < -0.4 is 4.74 Å².